The molecule has 0 saturated carbocycles. The van der Waals surface area contributed by atoms with E-state index in [-0.39, 0.29) is 34.1 Å². The highest BCUT2D eigenvalue weighted by atomic mass is 19.3. The minimum absolute atomic E-state index is 0.00138. The maximum absolute atomic E-state index is 13.9. The molecule has 5 nitrogen and oxygen atoms in total. The number of alkyl halides is 2. The van der Waals surface area contributed by atoms with Crippen LogP contribution in [0, 0.1) is 18.2 Å². The van der Waals surface area contributed by atoms with Gasteiger partial charge in [0.2, 0.25) is 5.95 Å². The van der Waals surface area contributed by atoms with Crippen molar-refractivity contribution in [3.8, 4) is 0 Å². The molecule has 0 atom stereocenters. The number of nitrogens with two attached hydrogens (primary N) is 1. The van der Waals surface area contributed by atoms with E-state index in [1.54, 1.807) is 0 Å². The second-order valence-electron chi connectivity index (χ2n) is 4.81. The van der Waals surface area contributed by atoms with E-state index in [9.17, 15) is 13.2 Å². The topological polar surface area (TPSA) is 87.7 Å². The number of nitrogens with one attached hydrogen (secondary N) is 2. The quantitative estimate of drug-likeness (QED) is 0.597. The van der Waals surface area contributed by atoms with Gasteiger partial charge in [0, 0.05) is 30.6 Å². The molecule has 0 saturated heterocycles. The summed E-state index contributed by atoms with van der Waals surface area (Å²) in [4.78, 5) is 7.65. The highest BCUT2D eigenvalue weighted by molar-refractivity contribution is 5.86. The Bertz CT molecular complexity index is 725. The Morgan fingerprint density at radius 1 is 1.36 bits per heavy atom. The van der Waals surface area contributed by atoms with Crippen molar-refractivity contribution in [2.45, 2.75) is 19.8 Å². The van der Waals surface area contributed by atoms with Crippen LogP contribution in [0.3, 0.4) is 0 Å². The Labute approximate surface area is 124 Å². The van der Waals surface area contributed by atoms with Gasteiger partial charge in [-0.1, -0.05) is 0 Å². The van der Waals surface area contributed by atoms with Gasteiger partial charge in [-0.25, -0.2) is 23.1 Å². The molecule has 2 rings (SSSR count). The molecule has 0 aliphatic rings. The summed E-state index contributed by atoms with van der Waals surface area (Å²) in [7, 11) is 0. The maximum Gasteiger partial charge on any atom is 0.273 e. The third-order valence-corrected chi connectivity index (χ3v) is 3.03. The molecule has 0 bridgehead atoms. The molecule has 22 heavy (non-hydrogen) atoms. The number of benzene rings is 1. The summed E-state index contributed by atoms with van der Waals surface area (Å²) in [6.45, 7) is 2.17. The molecule has 116 valence electrons. The fraction of sp³-hybridized carbons (Fsp3) is 0.214. The molecule has 0 radical (unpaired) electrons. The Hall–Kier alpha value is -2.64. The summed E-state index contributed by atoms with van der Waals surface area (Å²) >= 11 is 0. The predicted octanol–water partition coefficient (Wildman–Crippen LogP) is 3.36. The van der Waals surface area contributed by atoms with Crippen LogP contribution in [0.2, 0.25) is 0 Å². The van der Waals surface area contributed by atoms with Crippen LogP contribution in [0.4, 0.5) is 30.5 Å². The fourth-order valence-corrected chi connectivity index (χ4v) is 1.90. The number of hydrogen-bond donors (Lipinski definition) is 3. The van der Waals surface area contributed by atoms with E-state index in [4.69, 9.17) is 11.1 Å². The van der Waals surface area contributed by atoms with Crippen molar-refractivity contribution in [1.29, 1.82) is 5.41 Å². The predicted molar refractivity (Wildman–Crippen MR) is 78.3 cm³/mol. The summed E-state index contributed by atoms with van der Waals surface area (Å²) in [5.41, 5.74) is 5.90. The summed E-state index contributed by atoms with van der Waals surface area (Å²) in [5.74, 6) is -3.73. The van der Waals surface area contributed by atoms with Gasteiger partial charge >= 0.3 is 0 Å². The number of hydrogen-bond acceptors (Lipinski definition) is 5. The minimum atomic E-state index is -3.05. The number of aromatic nitrogens is 2. The first-order valence-electron chi connectivity index (χ1n) is 6.31. The van der Waals surface area contributed by atoms with Crippen molar-refractivity contribution in [2.75, 3.05) is 11.1 Å². The van der Waals surface area contributed by atoms with Gasteiger partial charge in [-0.15, -0.1) is 0 Å². The number of rotatable bonds is 4. The molecule has 0 aliphatic carbocycles. The van der Waals surface area contributed by atoms with Gasteiger partial charge in [0.25, 0.3) is 5.92 Å². The summed E-state index contributed by atoms with van der Waals surface area (Å²) in [5, 5.41) is 9.68. The van der Waals surface area contributed by atoms with Gasteiger partial charge in [0.05, 0.1) is 16.9 Å². The van der Waals surface area contributed by atoms with Crippen LogP contribution in [0.25, 0.3) is 0 Å². The highest BCUT2D eigenvalue weighted by Crippen LogP contribution is 2.29. The average molecular weight is 309 g/mol. The third kappa shape index (κ3) is 3.16. The van der Waals surface area contributed by atoms with E-state index in [1.165, 1.54) is 13.0 Å². The molecule has 1 aromatic carbocycles. The van der Waals surface area contributed by atoms with Crippen LogP contribution in [-0.4, -0.2) is 16.2 Å². The molecule has 1 heterocycles. The lowest BCUT2D eigenvalue weighted by Gasteiger charge is -2.14. The number of halogens is 3. The Morgan fingerprint density at radius 3 is 2.59 bits per heavy atom. The van der Waals surface area contributed by atoms with E-state index >= 15 is 0 Å². The smallest absolute Gasteiger partial charge is 0.273 e. The molecule has 0 unspecified atom stereocenters. The van der Waals surface area contributed by atoms with Crippen LogP contribution in [0.1, 0.15) is 23.7 Å². The average Bonchev–Trinajstić information content (AvgIpc) is 2.41. The second kappa shape index (κ2) is 5.63. The van der Waals surface area contributed by atoms with Crippen LogP contribution in [0.15, 0.2) is 18.3 Å². The zero-order valence-electron chi connectivity index (χ0n) is 11.9. The molecule has 4 N–H and O–H groups in total. The van der Waals surface area contributed by atoms with Gasteiger partial charge in [-0.3, -0.25) is 0 Å². The molecule has 0 spiro atoms. The second-order valence-corrected chi connectivity index (χ2v) is 4.81. The Balaban J connectivity index is 2.34. The summed E-state index contributed by atoms with van der Waals surface area (Å²) in [6.07, 6.45) is 1.93. The summed E-state index contributed by atoms with van der Waals surface area (Å²) in [6, 6.07) is 2.38. The molecule has 0 aliphatic heterocycles. The van der Waals surface area contributed by atoms with Crippen LogP contribution >= 0.6 is 0 Å². The number of nitrogen functional groups attached to an aromatic ring is 1. The lowest BCUT2D eigenvalue weighted by molar-refractivity contribution is 0.0160. The minimum Gasteiger partial charge on any atom is -0.398 e. The monoisotopic (exact) mass is 309 g/mol. The highest BCUT2D eigenvalue weighted by Gasteiger charge is 2.27. The first kappa shape index (κ1) is 15.7. The lowest BCUT2D eigenvalue weighted by Crippen LogP contribution is -2.12. The number of aryl methyl sites for hydroxylation is 1. The fourth-order valence-electron chi connectivity index (χ4n) is 1.90. The molecule has 1 aromatic heterocycles. The van der Waals surface area contributed by atoms with Crippen LogP contribution in [0.5, 0.6) is 0 Å². The first-order chi connectivity index (χ1) is 10.2. The van der Waals surface area contributed by atoms with Crippen molar-refractivity contribution in [1.82, 2.24) is 9.97 Å². The molecular weight excluding hydrogens is 295 g/mol. The first-order valence-corrected chi connectivity index (χ1v) is 6.31. The van der Waals surface area contributed by atoms with Crippen molar-refractivity contribution < 1.29 is 13.2 Å². The molecule has 0 amide bonds. The van der Waals surface area contributed by atoms with E-state index in [1.807, 2.05) is 0 Å². The van der Waals surface area contributed by atoms with E-state index in [0.717, 1.165) is 25.4 Å². The van der Waals surface area contributed by atoms with Crippen LogP contribution < -0.4 is 11.1 Å². The normalized spacial score (nSPS) is 11.3. The number of nitrogens with zero attached hydrogens (tertiary/aromatic N) is 2. The van der Waals surface area contributed by atoms with Gasteiger partial charge < -0.3 is 16.5 Å². The van der Waals surface area contributed by atoms with Gasteiger partial charge in [-0.05, 0) is 19.1 Å². The Kier molecular flexibility index (Phi) is 4.03. The van der Waals surface area contributed by atoms with E-state index in [2.05, 4.69) is 15.3 Å². The maximum atomic E-state index is 13.9. The van der Waals surface area contributed by atoms with Crippen molar-refractivity contribution in [2.24, 2.45) is 0 Å². The molecular formula is C14H14F3N5. The molecule has 2 aromatic rings. The van der Waals surface area contributed by atoms with Crippen molar-refractivity contribution in [3.05, 3.63) is 41.0 Å². The summed E-state index contributed by atoms with van der Waals surface area (Å²) < 4.78 is 40.4. The largest absolute Gasteiger partial charge is 0.398 e. The SMILES string of the molecule is Cc1nc(Nc2cc(N)c(C=N)cc2F)ncc1C(C)(F)F. The van der Waals surface area contributed by atoms with E-state index in [0.29, 0.717) is 0 Å². The Morgan fingerprint density at radius 2 is 2.05 bits per heavy atom. The van der Waals surface area contributed by atoms with Gasteiger partial charge in [0.1, 0.15) is 5.82 Å². The van der Waals surface area contributed by atoms with Gasteiger partial charge in [0.15, 0.2) is 0 Å². The van der Waals surface area contributed by atoms with Crippen LogP contribution in [-0.2, 0) is 5.92 Å². The standard InChI is InChI=1S/C14H14F3N5/c1-7-9(14(2,16)17)6-20-13(21-7)22-12-4-11(19)8(5-18)3-10(12)15/h3-6,18H,19H2,1-2H3,(H,20,21,22). The van der Waals surface area contributed by atoms with Crippen molar-refractivity contribution >= 4 is 23.5 Å². The zero-order valence-corrected chi connectivity index (χ0v) is 11.9. The third-order valence-electron chi connectivity index (χ3n) is 3.03. The van der Waals surface area contributed by atoms with E-state index < -0.39 is 11.7 Å². The van der Waals surface area contributed by atoms with Crippen molar-refractivity contribution in [3.63, 3.8) is 0 Å². The molecule has 8 heteroatoms. The lowest BCUT2D eigenvalue weighted by atomic mass is 10.1. The number of anilines is 3. The zero-order chi connectivity index (χ0) is 16.5. The molecule has 0 fully saturated rings. The van der Waals surface area contributed by atoms with Gasteiger partial charge in [-0.2, -0.15) is 0 Å².